The van der Waals surface area contributed by atoms with Crippen LogP contribution in [-0.4, -0.2) is 6.21 Å². The summed E-state index contributed by atoms with van der Waals surface area (Å²) < 4.78 is 0. The largest absolute Gasteiger partial charge is 0.323 e. The van der Waals surface area contributed by atoms with Crippen molar-refractivity contribution in [3.63, 3.8) is 0 Å². The van der Waals surface area contributed by atoms with Crippen molar-refractivity contribution in [1.82, 2.24) is 0 Å². The molecule has 0 atom stereocenters. The molecule has 0 aromatic rings. The molecule has 12 heavy (non-hydrogen) atoms. The molecule has 0 heterocycles. The summed E-state index contributed by atoms with van der Waals surface area (Å²) >= 11 is 0. The van der Waals surface area contributed by atoms with Crippen molar-refractivity contribution in [3.05, 3.63) is 49.1 Å². The van der Waals surface area contributed by atoms with Gasteiger partial charge in [0.1, 0.15) is 0 Å². The molecule has 0 rings (SSSR count). The quantitative estimate of drug-likeness (QED) is 0.217. The summed E-state index contributed by atoms with van der Waals surface area (Å²) in [7, 11) is 0. The van der Waals surface area contributed by atoms with Crippen LogP contribution >= 0.6 is 0 Å². The van der Waals surface area contributed by atoms with Gasteiger partial charge in [-0.2, -0.15) is 5.10 Å². The topological polar surface area (TPSA) is 38.4 Å². The number of allylic oxidation sites excluding steroid dienone is 6. The molecular weight excluding hydrogens is 148 g/mol. The van der Waals surface area contributed by atoms with Gasteiger partial charge in [-0.3, -0.25) is 0 Å². The molecule has 0 saturated heterocycles. The summed E-state index contributed by atoms with van der Waals surface area (Å²) in [6, 6.07) is 0. The van der Waals surface area contributed by atoms with Crippen molar-refractivity contribution in [2.75, 3.05) is 0 Å². The highest BCUT2D eigenvalue weighted by Gasteiger charge is 1.76. The summed E-state index contributed by atoms with van der Waals surface area (Å²) in [5, 5.41) is 3.33. The molecule has 0 aromatic heterocycles. The molecule has 0 spiro atoms. The van der Waals surface area contributed by atoms with Crippen LogP contribution in [0.5, 0.6) is 0 Å². The number of nitrogens with two attached hydrogens (primary N) is 1. The molecule has 0 unspecified atom stereocenters. The van der Waals surface area contributed by atoms with Crippen LogP contribution in [0.3, 0.4) is 0 Å². The minimum absolute atomic E-state index is 0.778. The molecule has 2 heteroatoms. The summed E-state index contributed by atoms with van der Waals surface area (Å²) in [6.07, 6.45) is 11.8. The zero-order valence-electron chi connectivity index (χ0n) is 7.11. The second-order valence-corrected chi connectivity index (χ2v) is 2.16. The molecule has 0 saturated carbocycles. The number of hydrogen-bond donors (Lipinski definition) is 1. The number of nitrogens with zero attached hydrogens (tertiary/aromatic N) is 1. The van der Waals surface area contributed by atoms with Gasteiger partial charge in [-0.05, 0) is 12.0 Å². The lowest BCUT2D eigenvalue weighted by molar-refractivity contribution is 1.26. The van der Waals surface area contributed by atoms with Crippen molar-refractivity contribution in [2.24, 2.45) is 10.9 Å². The SMILES string of the molecule is C=CC/C=C\C=C/C(=C)/C=N\N. The molecule has 0 aliphatic carbocycles. The van der Waals surface area contributed by atoms with Crippen LogP contribution in [0.1, 0.15) is 6.42 Å². The van der Waals surface area contributed by atoms with E-state index in [4.69, 9.17) is 5.84 Å². The summed E-state index contributed by atoms with van der Waals surface area (Å²) in [5.74, 6) is 4.92. The molecule has 0 bridgehead atoms. The van der Waals surface area contributed by atoms with E-state index in [0.29, 0.717) is 0 Å². The van der Waals surface area contributed by atoms with E-state index in [1.807, 2.05) is 30.4 Å². The van der Waals surface area contributed by atoms with Crippen molar-refractivity contribution < 1.29 is 0 Å². The lowest BCUT2D eigenvalue weighted by atomic mass is 10.3. The first-order valence-corrected chi connectivity index (χ1v) is 3.67. The third-order valence-corrected chi connectivity index (χ3v) is 1.10. The lowest BCUT2D eigenvalue weighted by Crippen LogP contribution is -1.83. The average molecular weight is 162 g/mol. The van der Waals surface area contributed by atoms with Gasteiger partial charge in [0.2, 0.25) is 0 Å². The zero-order chi connectivity index (χ0) is 9.23. The molecule has 0 aromatic carbocycles. The van der Waals surface area contributed by atoms with Gasteiger partial charge in [0, 0.05) is 0 Å². The van der Waals surface area contributed by atoms with E-state index in [-0.39, 0.29) is 0 Å². The minimum atomic E-state index is 0.778. The molecule has 64 valence electrons. The van der Waals surface area contributed by atoms with Gasteiger partial charge in [0.25, 0.3) is 0 Å². The van der Waals surface area contributed by atoms with E-state index in [1.165, 1.54) is 6.21 Å². The maximum atomic E-state index is 4.92. The van der Waals surface area contributed by atoms with Gasteiger partial charge in [-0.1, -0.05) is 37.0 Å². The van der Waals surface area contributed by atoms with Crippen LogP contribution in [0.2, 0.25) is 0 Å². The minimum Gasteiger partial charge on any atom is -0.323 e. The lowest BCUT2D eigenvalue weighted by Gasteiger charge is -1.83. The molecule has 2 nitrogen and oxygen atoms in total. The van der Waals surface area contributed by atoms with E-state index >= 15 is 0 Å². The predicted octanol–water partition coefficient (Wildman–Crippen LogP) is 2.18. The van der Waals surface area contributed by atoms with E-state index in [0.717, 1.165) is 12.0 Å². The Labute approximate surface area is 73.5 Å². The standard InChI is InChI=1S/C10H14N2/c1-3-4-5-6-7-8-10(2)9-12-11/h3,5-9H,1-2,4,11H2/b6-5-,8-7-,12-9-. The molecule has 2 N–H and O–H groups in total. The smallest absolute Gasteiger partial charge is 0.0532 e. The van der Waals surface area contributed by atoms with Gasteiger partial charge >= 0.3 is 0 Å². The maximum absolute atomic E-state index is 4.92. The first kappa shape index (κ1) is 10.4. The Bertz CT molecular complexity index is 222. The third kappa shape index (κ3) is 6.55. The van der Waals surface area contributed by atoms with Gasteiger partial charge in [0.15, 0.2) is 0 Å². The van der Waals surface area contributed by atoms with Crippen molar-refractivity contribution >= 4 is 6.21 Å². The van der Waals surface area contributed by atoms with Gasteiger partial charge in [-0.25, -0.2) is 0 Å². The Balaban J connectivity index is 3.75. The Kier molecular flexibility index (Phi) is 6.55. The Morgan fingerprint density at radius 2 is 2.17 bits per heavy atom. The number of hydrazone groups is 1. The monoisotopic (exact) mass is 162 g/mol. The molecular formula is C10H14N2. The average Bonchev–Trinajstić information content (AvgIpc) is 2.05. The highest BCUT2D eigenvalue weighted by atomic mass is 15.1. The van der Waals surface area contributed by atoms with Crippen LogP contribution in [0, 0.1) is 0 Å². The third-order valence-electron chi connectivity index (χ3n) is 1.10. The van der Waals surface area contributed by atoms with Crippen molar-refractivity contribution in [1.29, 1.82) is 0 Å². The fourth-order valence-corrected chi connectivity index (χ4v) is 0.571. The van der Waals surface area contributed by atoms with Gasteiger partial charge < -0.3 is 5.84 Å². The molecule has 0 aliphatic heterocycles. The Hall–Kier alpha value is -1.57. The summed E-state index contributed by atoms with van der Waals surface area (Å²) in [4.78, 5) is 0. The van der Waals surface area contributed by atoms with Crippen molar-refractivity contribution in [3.8, 4) is 0 Å². The fraction of sp³-hybridized carbons (Fsp3) is 0.100. The normalized spacial score (nSPS) is 11.7. The maximum Gasteiger partial charge on any atom is 0.0532 e. The number of rotatable bonds is 5. The molecule has 0 amide bonds. The first-order valence-electron chi connectivity index (χ1n) is 3.67. The van der Waals surface area contributed by atoms with Crippen LogP contribution < -0.4 is 5.84 Å². The highest BCUT2D eigenvalue weighted by Crippen LogP contribution is 1.90. The fourth-order valence-electron chi connectivity index (χ4n) is 0.571. The van der Waals surface area contributed by atoms with Gasteiger partial charge in [-0.15, -0.1) is 6.58 Å². The van der Waals surface area contributed by atoms with Crippen LogP contribution in [0.4, 0.5) is 0 Å². The van der Waals surface area contributed by atoms with E-state index in [1.54, 1.807) is 0 Å². The first-order chi connectivity index (χ1) is 5.81. The van der Waals surface area contributed by atoms with Gasteiger partial charge in [0.05, 0.1) is 6.21 Å². The highest BCUT2D eigenvalue weighted by molar-refractivity contribution is 5.81. The van der Waals surface area contributed by atoms with Crippen LogP contribution in [-0.2, 0) is 0 Å². The van der Waals surface area contributed by atoms with E-state index in [9.17, 15) is 0 Å². The predicted molar refractivity (Wildman–Crippen MR) is 54.9 cm³/mol. The second kappa shape index (κ2) is 7.54. The molecule has 0 fully saturated rings. The van der Waals surface area contributed by atoms with E-state index in [2.05, 4.69) is 18.3 Å². The molecule has 0 aliphatic rings. The summed E-state index contributed by atoms with van der Waals surface area (Å²) in [6.45, 7) is 7.28. The Morgan fingerprint density at radius 1 is 1.42 bits per heavy atom. The number of hydrogen-bond acceptors (Lipinski definition) is 2. The summed E-state index contributed by atoms with van der Waals surface area (Å²) in [5.41, 5.74) is 0.778. The van der Waals surface area contributed by atoms with Crippen LogP contribution in [0.25, 0.3) is 0 Å². The molecule has 0 radical (unpaired) electrons. The Morgan fingerprint density at radius 3 is 2.75 bits per heavy atom. The second-order valence-electron chi connectivity index (χ2n) is 2.16. The van der Waals surface area contributed by atoms with Crippen molar-refractivity contribution in [2.45, 2.75) is 6.42 Å². The van der Waals surface area contributed by atoms with Crippen LogP contribution in [0.15, 0.2) is 54.2 Å². The van der Waals surface area contributed by atoms with E-state index < -0.39 is 0 Å². The zero-order valence-corrected chi connectivity index (χ0v) is 7.11.